The van der Waals surface area contributed by atoms with Gasteiger partial charge in [0.1, 0.15) is 0 Å². The third-order valence-corrected chi connectivity index (χ3v) is 3.48. The molecule has 1 fully saturated rings. The number of rotatable bonds is 6. The van der Waals surface area contributed by atoms with E-state index >= 15 is 0 Å². The van der Waals surface area contributed by atoms with Crippen LogP contribution in [-0.2, 0) is 4.74 Å². The van der Waals surface area contributed by atoms with E-state index in [2.05, 4.69) is 36.1 Å². The highest BCUT2D eigenvalue weighted by Crippen LogP contribution is 2.20. The van der Waals surface area contributed by atoms with Crippen LogP contribution in [0.5, 0.6) is 0 Å². The summed E-state index contributed by atoms with van der Waals surface area (Å²) in [5.41, 5.74) is 8.21. The van der Waals surface area contributed by atoms with E-state index in [1.54, 1.807) is 0 Å². The molecule has 1 saturated heterocycles. The number of benzene rings is 1. The summed E-state index contributed by atoms with van der Waals surface area (Å²) in [6.45, 7) is 5.79. The van der Waals surface area contributed by atoms with Gasteiger partial charge in [-0.15, -0.1) is 0 Å². The number of ether oxygens (including phenoxy) is 1. The van der Waals surface area contributed by atoms with Crippen molar-refractivity contribution >= 4 is 5.69 Å². The molecule has 100 valence electrons. The molecule has 0 amide bonds. The summed E-state index contributed by atoms with van der Waals surface area (Å²) in [4.78, 5) is 2.41. The molecule has 0 aromatic heterocycles. The summed E-state index contributed by atoms with van der Waals surface area (Å²) < 4.78 is 5.74. The highest BCUT2D eigenvalue weighted by molar-refractivity contribution is 5.47. The first-order chi connectivity index (χ1) is 8.79. The van der Waals surface area contributed by atoms with Crippen molar-refractivity contribution in [3.63, 3.8) is 0 Å². The van der Waals surface area contributed by atoms with Crippen molar-refractivity contribution < 1.29 is 4.74 Å². The molecule has 3 heteroatoms. The first kappa shape index (κ1) is 13.4. The number of aryl methyl sites for hydroxylation is 1. The molecule has 0 bridgehead atoms. The second kappa shape index (κ2) is 6.76. The normalized spacial score (nSPS) is 19.1. The molecule has 1 aromatic carbocycles. The summed E-state index contributed by atoms with van der Waals surface area (Å²) in [5, 5.41) is 0. The number of hydrogen-bond acceptors (Lipinski definition) is 3. The number of anilines is 1. The average molecular weight is 248 g/mol. The van der Waals surface area contributed by atoms with E-state index < -0.39 is 0 Å². The van der Waals surface area contributed by atoms with Crippen LogP contribution >= 0.6 is 0 Å². The van der Waals surface area contributed by atoms with Crippen molar-refractivity contribution in [3.05, 3.63) is 29.8 Å². The van der Waals surface area contributed by atoms with Gasteiger partial charge in [0.15, 0.2) is 0 Å². The maximum Gasteiger partial charge on any atom is 0.0750 e. The maximum atomic E-state index is 5.74. The van der Waals surface area contributed by atoms with Gasteiger partial charge < -0.3 is 15.4 Å². The molecule has 18 heavy (non-hydrogen) atoms. The highest BCUT2D eigenvalue weighted by atomic mass is 16.5. The number of nitrogens with zero attached hydrogens (tertiary/aromatic N) is 1. The minimum absolute atomic E-state index is 0.393. The fourth-order valence-electron chi connectivity index (χ4n) is 2.40. The van der Waals surface area contributed by atoms with Gasteiger partial charge in [-0.2, -0.15) is 0 Å². The summed E-state index contributed by atoms with van der Waals surface area (Å²) in [6.07, 6.45) is 3.80. The Kier molecular flexibility index (Phi) is 5.02. The molecule has 0 saturated carbocycles. The Bertz CT molecular complexity index is 344. The van der Waals surface area contributed by atoms with Crippen LogP contribution in [0.4, 0.5) is 5.69 Å². The van der Waals surface area contributed by atoms with Gasteiger partial charge in [-0.25, -0.2) is 0 Å². The lowest BCUT2D eigenvalue weighted by Crippen LogP contribution is -2.33. The molecule has 1 aromatic rings. The van der Waals surface area contributed by atoms with Crippen molar-refractivity contribution in [3.8, 4) is 0 Å². The lowest BCUT2D eigenvalue weighted by Gasteiger charge is -2.27. The second-order valence-corrected chi connectivity index (χ2v) is 5.06. The molecular weight excluding hydrogens is 224 g/mol. The molecule has 0 radical (unpaired) electrons. The molecule has 3 nitrogen and oxygen atoms in total. The molecule has 2 rings (SSSR count). The van der Waals surface area contributed by atoms with Crippen LogP contribution in [0.3, 0.4) is 0 Å². The largest absolute Gasteiger partial charge is 0.376 e. The Morgan fingerprint density at radius 1 is 1.33 bits per heavy atom. The van der Waals surface area contributed by atoms with E-state index in [0.717, 1.165) is 32.7 Å². The van der Waals surface area contributed by atoms with Crippen molar-refractivity contribution in [1.82, 2.24) is 0 Å². The molecule has 0 spiro atoms. The molecule has 2 N–H and O–H groups in total. The smallest absolute Gasteiger partial charge is 0.0750 e. The second-order valence-electron chi connectivity index (χ2n) is 5.06. The molecule has 1 aliphatic heterocycles. The maximum absolute atomic E-state index is 5.74. The molecule has 0 aliphatic carbocycles. The number of hydrogen-bond donors (Lipinski definition) is 1. The van der Waals surface area contributed by atoms with Crippen LogP contribution in [0.2, 0.25) is 0 Å². The van der Waals surface area contributed by atoms with Gasteiger partial charge in [0.2, 0.25) is 0 Å². The molecule has 1 atom stereocenters. The molecule has 1 aliphatic rings. The van der Waals surface area contributed by atoms with Crippen LogP contribution in [-0.4, -0.2) is 32.3 Å². The van der Waals surface area contributed by atoms with E-state index in [-0.39, 0.29) is 0 Å². The Hall–Kier alpha value is -1.06. The molecular formula is C15H24N2O. The van der Waals surface area contributed by atoms with Gasteiger partial charge in [0.25, 0.3) is 0 Å². The lowest BCUT2D eigenvalue weighted by molar-refractivity contribution is 0.115. The topological polar surface area (TPSA) is 38.5 Å². The van der Waals surface area contributed by atoms with Crippen LogP contribution < -0.4 is 10.6 Å². The van der Waals surface area contributed by atoms with Gasteiger partial charge in [0.05, 0.1) is 6.10 Å². The zero-order valence-corrected chi connectivity index (χ0v) is 11.3. The fraction of sp³-hybridized carbons (Fsp3) is 0.600. The molecule has 1 unspecified atom stereocenters. The van der Waals surface area contributed by atoms with Gasteiger partial charge in [-0.1, -0.05) is 17.7 Å². The van der Waals surface area contributed by atoms with Crippen molar-refractivity contribution in [2.45, 2.75) is 32.3 Å². The summed E-state index contributed by atoms with van der Waals surface area (Å²) in [5.74, 6) is 0. The summed E-state index contributed by atoms with van der Waals surface area (Å²) in [7, 11) is 0. The zero-order chi connectivity index (χ0) is 12.8. The Morgan fingerprint density at radius 2 is 2.11 bits per heavy atom. The first-order valence-electron chi connectivity index (χ1n) is 6.93. The highest BCUT2D eigenvalue weighted by Gasteiger charge is 2.19. The summed E-state index contributed by atoms with van der Waals surface area (Å²) in [6, 6.07) is 8.72. The molecule has 1 heterocycles. The SMILES string of the molecule is Cc1ccc(N(CCCN)CC2CCCO2)cc1. The minimum Gasteiger partial charge on any atom is -0.376 e. The van der Waals surface area contributed by atoms with E-state index in [0.29, 0.717) is 6.10 Å². The van der Waals surface area contributed by atoms with Gasteiger partial charge in [-0.3, -0.25) is 0 Å². The van der Waals surface area contributed by atoms with E-state index in [1.807, 2.05) is 0 Å². The summed E-state index contributed by atoms with van der Waals surface area (Å²) >= 11 is 0. The van der Waals surface area contributed by atoms with Gasteiger partial charge >= 0.3 is 0 Å². The number of nitrogens with two attached hydrogens (primary N) is 1. The average Bonchev–Trinajstić information content (AvgIpc) is 2.88. The predicted octanol–water partition coefficient (Wildman–Crippen LogP) is 2.33. The Morgan fingerprint density at radius 3 is 2.72 bits per heavy atom. The third kappa shape index (κ3) is 3.72. The van der Waals surface area contributed by atoms with Crippen LogP contribution in [0.1, 0.15) is 24.8 Å². The van der Waals surface area contributed by atoms with Gasteiger partial charge in [0, 0.05) is 25.4 Å². The van der Waals surface area contributed by atoms with E-state index in [1.165, 1.54) is 24.1 Å². The standard InChI is InChI=1S/C15H24N2O/c1-13-5-7-14(8-6-13)17(10-3-9-16)12-15-4-2-11-18-15/h5-8,15H,2-4,9-12,16H2,1H3. The Labute approximate surface area is 110 Å². The van der Waals surface area contributed by atoms with Crippen molar-refractivity contribution in [2.75, 3.05) is 31.1 Å². The van der Waals surface area contributed by atoms with Gasteiger partial charge in [-0.05, 0) is 44.9 Å². The zero-order valence-electron chi connectivity index (χ0n) is 11.3. The predicted molar refractivity (Wildman–Crippen MR) is 76.0 cm³/mol. The lowest BCUT2D eigenvalue weighted by atomic mass is 10.1. The monoisotopic (exact) mass is 248 g/mol. The minimum atomic E-state index is 0.393. The van der Waals surface area contributed by atoms with Crippen LogP contribution in [0.25, 0.3) is 0 Å². The van der Waals surface area contributed by atoms with E-state index in [9.17, 15) is 0 Å². The van der Waals surface area contributed by atoms with Crippen LogP contribution in [0, 0.1) is 6.92 Å². The van der Waals surface area contributed by atoms with Crippen molar-refractivity contribution in [2.24, 2.45) is 5.73 Å². The Balaban J connectivity index is 2.00. The van der Waals surface area contributed by atoms with Crippen LogP contribution in [0.15, 0.2) is 24.3 Å². The first-order valence-corrected chi connectivity index (χ1v) is 6.93. The quantitative estimate of drug-likeness (QED) is 0.839. The van der Waals surface area contributed by atoms with Crippen molar-refractivity contribution in [1.29, 1.82) is 0 Å². The third-order valence-electron chi connectivity index (χ3n) is 3.48. The van der Waals surface area contributed by atoms with E-state index in [4.69, 9.17) is 10.5 Å². The fourth-order valence-corrected chi connectivity index (χ4v) is 2.40.